The van der Waals surface area contributed by atoms with E-state index in [9.17, 15) is 19.5 Å². The van der Waals surface area contributed by atoms with Gasteiger partial charge in [0.25, 0.3) is 0 Å². The van der Waals surface area contributed by atoms with Crippen molar-refractivity contribution in [3.8, 4) is 11.1 Å². The van der Waals surface area contributed by atoms with E-state index in [-0.39, 0.29) is 36.9 Å². The number of rotatable bonds is 6. The second-order valence-electron chi connectivity index (χ2n) is 9.95. The highest BCUT2D eigenvalue weighted by Gasteiger charge is 2.58. The van der Waals surface area contributed by atoms with E-state index in [0.717, 1.165) is 28.7 Å². The van der Waals surface area contributed by atoms with Crippen LogP contribution in [0.1, 0.15) is 37.3 Å². The summed E-state index contributed by atoms with van der Waals surface area (Å²) in [6.07, 6.45) is 0.186. The molecule has 6 rings (SSSR count). The van der Waals surface area contributed by atoms with E-state index in [1.807, 2.05) is 24.3 Å². The second kappa shape index (κ2) is 7.90. The monoisotopic (exact) mass is 448 g/mol. The summed E-state index contributed by atoms with van der Waals surface area (Å²) in [5.41, 5.74) is 3.76. The van der Waals surface area contributed by atoms with Crippen LogP contribution in [-0.2, 0) is 14.3 Å². The molecule has 0 radical (unpaired) electrons. The van der Waals surface area contributed by atoms with Crippen LogP contribution in [0.25, 0.3) is 11.1 Å². The Labute approximate surface area is 192 Å². The van der Waals surface area contributed by atoms with Crippen molar-refractivity contribution >= 4 is 18.0 Å². The summed E-state index contributed by atoms with van der Waals surface area (Å²) in [7, 11) is 0. The van der Waals surface area contributed by atoms with E-state index in [4.69, 9.17) is 4.74 Å². The van der Waals surface area contributed by atoms with Crippen molar-refractivity contribution < 1.29 is 24.2 Å². The highest BCUT2D eigenvalue weighted by atomic mass is 16.5. The highest BCUT2D eigenvalue weighted by molar-refractivity contribution is 5.86. The Bertz CT molecular complexity index is 1080. The third kappa shape index (κ3) is 3.56. The lowest BCUT2D eigenvalue weighted by Gasteiger charge is -2.36. The van der Waals surface area contributed by atoms with Gasteiger partial charge in [-0.1, -0.05) is 48.5 Å². The van der Waals surface area contributed by atoms with E-state index in [2.05, 4.69) is 29.6 Å². The van der Waals surface area contributed by atoms with Crippen LogP contribution in [0.3, 0.4) is 0 Å². The molecule has 2 N–H and O–H groups in total. The number of nitrogens with one attached hydrogen (secondary N) is 1. The molecule has 172 valence electrons. The number of carbonyl (C=O) groups excluding carboxylic acids is 2. The summed E-state index contributed by atoms with van der Waals surface area (Å²) in [6.45, 7) is 4.35. The van der Waals surface area contributed by atoms with Crippen molar-refractivity contribution in [2.75, 3.05) is 19.7 Å². The zero-order chi connectivity index (χ0) is 23.3. The fourth-order valence-corrected chi connectivity index (χ4v) is 5.63. The normalized spacial score (nSPS) is 22.8. The van der Waals surface area contributed by atoms with Crippen LogP contribution in [0.15, 0.2) is 48.5 Å². The number of fused-ring (bicyclic) bond motifs is 4. The lowest BCUT2D eigenvalue weighted by molar-refractivity contribution is -0.149. The number of benzene rings is 2. The Hall–Kier alpha value is -3.35. The van der Waals surface area contributed by atoms with Gasteiger partial charge in [0, 0.05) is 25.0 Å². The number of hydrogen-bond donors (Lipinski definition) is 2. The molecule has 2 bridgehead atoms. The first kappa shape index (κ1) is 21.5. The number of aliphatic carboxylic acids is 1. The Morgan fingerprint density at radius 2 is 1.67 bits per heavy atom. The number of carbonyl (C=O) groups is 3. The van der Waals surface area contributed by atoms with Crippen LogP contribution >= 0.6 is 0 Å². The highest BCUT2D eigenvalue weighted by Crippen LogP contribution is 2.48. The van der Waals surface area contributed by atoms with Crippen LogP contribution in [-0.4, -0.2) is 53.7 Å². The Morgan fingerprint density at radius 1 is 1.06 bits per heavy atom. The molecule has 2 aliphatic heterocycles. The second-order valence-corrected chi connectivity index (χ2v) is 9.95. The summed E-state index contributed by atoms with van der Waals surface area (Å²) in [5.74, 6) is -1.40. The van der Waals surface area contributed by atoms with Crippen molar-refractivity contribution in [1.82, 2.24) is 10.2 Å². The van der Waals surface area contributed by atoms with Crippen LogP contribution in [0.5, 0.6) is 0 Å². The number of carboxylic acid groups (broad SMARTS) is 1. The minimum Gasteiger partial charge on any atom is -0.481 e. The molecule has 2 heterocycles. The van der Waals surface area contributed by atoms with E-state index >= 15 is 0 Å². The predicted octanol–water partition coefficient (Wildman–Crippen LogP) is 3.48. The molecule has 3 unspecified atom stereocenters. The Kier molecular flexibility index (Phi) is 5.15. The SMILES string of the molecule is CC(C)(CNC(=O)OCC1c2ccccc2-c2ccccc21)C(=O)N1CC2CC1C2C(=O)O. The smallest absolute Gasteiger partial charge is 0.407 e. The summed E-state index contributed by atoms with van der Waals surface area (Å²) in [4.78, 5) is 38.6. The lowest BCUT2D eigenvalue weighted by atomic mass is 9.74. The minimum atomic E-state index is -0.855. The van der Waals surface area contributed by atoms with Crippen molar-refractivity contribution in [3.63, 3.8) is 0 Å². The molecule has 2 aromatic carbocycles. The molecule has 2 saturated heterocycles. The molecule has 1 saturated carbocycles. The first-order valence-corrected chi connectivity index (χ1v) is 11.4. The summed E-state index contributed by atoms with van der Waals surface area (Å²) < 4.78 is 5.57. The van der Waals surface area contributed by atoms with Gasteiger partial charge in [0.2, 0.25) is 5.91 Å². The van der Waals surface area contributed by atoms with Gasteiger partial charge in [-0.25, -0.2) is 4.79 Å². The van der Waals surface area contributed by atoms with Crippen molar-refractivity contribution in [2.24, 2.45) is 17.3 Å². The summed E-state index contributed by atoms with van der Waals surface area (Å²) in [5, 5.41) is 12.1. The number of amides is 2. The summed E-state index contributed by atoms with van der Waals surface area (Å²) >= 11 is 0. The predicted molar refractivity (Wildman–Crippen MR) is 122 cm³/mol. The molecule has 2 amide bonds. The molecule has 7 nitrogen and oxygen atoms in total. The van der Waals surface area contributed by atoms with Crippen LogP contribution in [0.4, 0.5) is 4.79 Å². The van der Waals surface area contributed by atoms with E-state index in [0.29, 0.717) is 6.54 Å². The maximum Gasteiger partial charge on any atom is 0.407 e. The quantitative estimate of drug-likeness (QED) is 0.705. The van der Waals surface area contributed by atoms with Gasteiger partial charge < -0.3 is 20.1 Å². The molecule has 3 atom stereocenters. The molecule has 3 fully saturated rings. The van der Waals surface area contributed by atoms with Gasteiger partial charge in [0.1, 0.15) is 6.61 Å². The van der Waals surface area contributed by atoms with E-state index < -0.39 is 23.4 Å². The first-order chi connectivity index (χ1) is 15.8. The number of ether oxygens (including phenoxy) is 1. The fraction of sp³-hybridized carbons (Fsp3) is 0.423. The standard InChI is InChI=1S/C26H28N2O5/c1-26(2,24(31)28-12-15-11-21(28)22(15)23(29)30)14-27-25(32)33-13-20-18-9-5-3-7-16(18)17-8-4-6-10-19(17)20/h3-10,15,20-22H,11-14H2,1-2H3,(H,27,32)(H,29,30). The van der Waals surface area contributed by atoms with Gasteiger partial charge >= 0.3 is 12.1 Å². The van der Waals surface area contributed by atoms with Crippen molar-refractivity contribution in [3.05, 3.63) is 59.7 Å². The maximum absolute atomic E-state index is 13.1. The van der Waals surface area contributed by atoms with E-state index in [1.165, 1.54) is 0 Å². The topological polar surface area (TPSA) is 95.9 Å². The number of hydrogen-bond acceptors (Lipinski definition) is 4. The Morgan fingerprint density at radius 3 is 2.24 bits per heavy atom. The third-order valence-electron chi connectivity index (χ3n) is 7.44. The van der Waals surface area contributed by atoms with Crippen LogP contribution < -0.4 is 5.32 Å². The van der Waals surface area contributed by atoms with Crippen LogP contribution in [0.2, 0.25) is 0 Å². The zero-order valence-electron chi connectivity index (χ0n) is 18.8. The lowest BCUT2D eigenvalue weighted by Crippen LogP contribution is -2.50. The minimum absolute atomic E-state index is 0.0258. The number of alkyl carbamates (subject to hydrolysis) is 1. The van der Waals surface area contributed by atoms with Crippen molar-refractivity contribution in [2.45, 2.75) is 32.2 Å². The van der Waals surface area contributed by atoms with Gasteiger partial charge in [-0.05, 0) is 48.4 Å². The van der Waals surface area contributed by atoms with E-state index in [1.54, 1.807) is 18.7 Å². The van der Waals surface area contributed by atoms with Gasteiger partial charge in [-0.3, -0.25) is 9.59 Å². The average Bonchev–Trinajstić information content (AvgIpc) is 3.46. The van der Waals surface area contributed by atoms with Gasteiger partial charge in [-0.15, -0.1) is 0 Å². The van der Waals surface area contributed by atoms with Gasteiger partial charge in [-0.2, -0.15) is 0 Å². The van der Waals surface area contributed by atoms with Crippen LogP contribution in [0, 0.1) is 17.3 Å². The largest absolute Gasteiger partial charge is 0.481 e. The third-order valence-corrected chi connectivity index (χ3v) is 7.44. The van der Waals surface area contributed by atoms with Crippen molar-refractivity contribution in [1.29, 1.82) is 0 Å². The Balaban J connectivity index is 1.18. The molecular formula is C26H28N2O5. The van der Waals surface area contributed by atoms with Gasteiger partial charge in [0.05, 0.1) is 11.3 Å². The number of carboxylic acids is 1. The molecule has 2 aromatic rings. The molecule has 0 aromatic heterocycles. The summed E-state index contributed by atoms with van der Waals surface area (Å²) in [6, 6.07) is 16.1. The first-order valence-electron chi connectivity index (χ1n) is 11.4. The fourth-order valence-electron chi connectivity index (χ4n) is 5.63. The zero-order valence-corrected chi connectivity index (χ0v) is 18.8. The average molecular weight is 449 g/mol. The molecule has 4 aliphatic rings. The number of nitrogens with zero attached hydrogens (tertiary/aromatic N) is 1. The molecule has 0 spiro atoms. The van der Waals surface area contributed by atoms with Gasteiger partial charge in [0.15, 0.2) is 0 Å². The molecular weight excluding hydrogens is 420 g/mol. The maximum atomic E-state index is 13.1. The molecule has 33 heavy (non-hydrogen) atoms. The molecule has 7 heteroatoms. The molecule has 2 aliphatic carbocycles.